The highest BCUT2D eigenvalue weighted by molar-refractivity contribution is 7.99. The molecular weight excluding hydrogens is 428 g/mol. The maximum absolute atomic E-state index is 12.7. The summed E-state index contributed by atoms with van der Waals surface area (Å²) in [4.78, 5) is 18.3. The van der Waals surface area contributed by atoms with Crippen LogP contribution in [0.2, 0.25) is 0 Å². The van der Waals surface area contributed by atoms with Crippen LogP contribution in [0.3, 0.4) is 0 Å². The molecule has 0 aliphatic heterocycles. The highest BCUT2D eigenvalue weighted by Crippen LogP contribution is 2.40. The van der Waals surface area contributed by atoms with Gasteiger partial charge in [0.05, 0.1) is 11.3 Å². The van der Waals surface area contributed by atoms with Crippen molar-refractivity contribution in [1.29, 1.82) is 5.26 Å². The molecule has 3 heterocycles. The topological polar surface area (TPSA) is 96.5 Å². The number of anilines is 1. The third-order valence-corrected chi connectivity index (χ3v) is 7.71. The molecule has 1 amide bonds. The van der Waals surface area contributed by atoms with Crippen molar-refractivity contribution in [3.63, 3.8) is 0 Å². The molecule has 9 heteroatoms. The van der Waals surface area contributed by atoms with E-state index in [0.29, 0.717) is 34.0 Å². The summed E-state index contributed by atoms with van der Waals surface area (Å²) in [7, 11) is 0. The Kier molecular flexibility index (Phi) is 6.68. The first kappa shape index (κ1) is 21.5. The van der Waals surface area contributed by atoms with Crippen LogP contribution in [-0.2, 0) is 24.2 Å². The number of nitriles is 1. The largest absolute Gasteiger partial charge is 0.316 e. The molecule has 7 nitrogen and oxygen atoms in total. The van der Waals surface area contributed by atoms with Gasteiger partial charge in [-0.15, -0.1) is 21.5 Å². The summed E-state index contributed by atoms with van der Waals surface area (Å²) in [6.45, 7) is 4.90. The number of aromatic nitrogens is 4. The van der Waals surface area contributed by atoms with Crippen LogP contribution in [-0.4, -0.2) is 31.4 Å². The number of pyridine rings is 1. The molecule has 0 saturated carbocycles. The maximum Gasteiger partial charge on any atom is 0.235 e. The van der Waals surface area contributed by atoms with Crippen LogP contribution < -0.4 is 5.32 Å². The molecule has 0 radical (unpaired) electrons. The van der Waals surface area contributed by atoms with Crippen molar-refractivity contribution in [2.24, 2.45) is 5.92 Å². The Labute approximate surface area is 189 Å². The van der Waals surface area contributed by atoms with E-state index in [1.807, 2.05) is 29.7 Å². The van der Waals surface area contributed by atoms with Gasteiger partial charge in [-0.1, -0.05) is 31.2 Å². The van der Waals surface area contributed by atoms with Crippen LogP contribution in [0.15, 0.2) is 29.6 Å². The van der Waals surface area contributed by atoms with Gasteiger partial charge in [-0.25, -0.2) is 0 Å². The molecule has 0 saturated heterocycles. The molecule has 3 aromatic heterocycles. The Hall–Kier alpha value is -2.70. The van der Waals surface area contributed by atoms with Crippen molar-refractivity contribution in [1.82, 2.24) is 19.7 Å². The Morgan fingerprint density at radius 2 is 2.26 bits per heavy atom. The summed E-state index contributed by atoms with van der Waals surface area (Å²) in [5.41, 5.74) is 2.52. The number of hydrogen-bond donors (Lipinski definition) is 1. The lowest BCUT2D eigenvalue weighted by Gasteiger charge is -2.20. The molecule has 31 heavy (non-hydrogen) atoms. The molecule has 1 N–H and O–H groups in total. The van der Waals surface area contributed by atoms with Crippen LogP contribution in [0.1, 0.15) is 42.7 Å². The number of thioether (sulfide) groups is 1. The second-order valence-electron chi connectivity index (χ2n) is 7.44. The zero-order valence-electron chi connectivity index (χ0n) is 17.6. The molecule has 3 aromatic rings. The van der Waals surface area contributed by atoms with Gasteiger partial charge < -0.3 is 9.88 Å². The first-order valence-corrected chi connectivity index (χ1v) is 12.3. The molecule has 1 atom stereocenters. The molecule has 0 aromatic carbocycles. The first-order valence-electron chi connectivity index (χ1n) is 10.5. The number of hydrogen-bond acceptors (Lipinski definition) is 7. The molecule has 1 unspecified atom stereocenters. The average Bonchev–Trinajstić information content (AvgIpc) is 3.37. The predicted molar refractivity (Wildman–Crippen MR) is 123 cm³/mol. The minimum absolute atomic E-state index is 0.142. The van der Waals surface area contributed by atoms with E-state index in [1.165, 1.54) is 16.6 Å². The lowest BCUT2D eigenvalue weighted by Crippen LogP contribution is -2.15. The van der Waals surface area contributed by atoms with Gasteiger partial charge in [-0.05, 0) is 49.8 Å². The predicted octanol–water partition coefficient (Wildman–Crippen LogP) is 4.54. The van der Waals surface area contributed by atoms with Crippen molar-refractivity contribution in [2.75, 3.05) is 11.1 Å². The second-order valence-corrected chi connectivity index (χ2v) is 9.49. The number of nitrogens with one attached hydrogen (secondary N) is 1. The first-order chi connectivity index (χ1) is 15.1. The van der Waals surface area contributed by atoms with Crippen LogP contribution in [0, 0.1) is 17.2 Å². The molecule has 1 aliphatic carbocycles. The minimum Gasteiger partial charge on any atom is -0.316 e. The SMILES string of the molecule is CCC1CCc2c(sc(NC(=O)CSc3nnc(-c4ccccn4)n3CC)c2C#N)C1. The van der Waals surface area contributed by atoms with Crippen LogP contribution in [0.4, 0.5) is 5.00 Å². The van der Waals surface area contributed by atoms with E-state index in [0.717, 1.165) is 36.9 Å². The smallest absolute Gasteiger partial charge is 0.235 e. The summed E-state index contributed by atoms with van der Waals surface area (Å²) in [6.07, 6.45) is 5.92. The average molecular weight is 453 g/mol. The molecule has 0 spiro atoms. The number of thiophene rings is 1. The summed E-state index contributed by atoms with van der Waals surface area (Å²) in [5.74, 6) is 1.42. The highest BCUT2D eigenvalue weighted by atomic mass is 32.2. The van der Waals surface area contributed by atoms with E-state index >= 15 is 0 Å². The normalized spacial score (nSPS) is 15.3. The van der Waals surface area contributed by atoms with Gasteiger partial charge in [0, 0.05) is 17.6 Å². The quantitative estimate of drug-likeness (QED) is 0.529. The van der Waals surface area contributed by atoms with Crippen molar-refractivity contribution >= 4 is 34.0 Å². The van der Waals surface area contributed by atoms with Gasteiger partial charge in [0.2, 0.25) is 5.91 Å². The van der Waals surface area contributed by atoms with Crippen LogP contribution in [0.25, 0.3) is 11.5 Å². The molecule has 1 aliphatic rings. The van der Waals surface area contributed by atoms with Gasteiger partial charge in [0.25, 0.3) is 0 Å². The summed E-state index contributed by atoms with van der Waals surface area (Å²) in [5, 5.41) is 22.5. The molecule has 0 fully saturated rings. The fraction of sp³-hybridized carbons (Fsp3) is 0.409. The van der Waals surface area contributed by atoms with E-state index in [2.05, 4.69) is 33.5 Å². The van der Waals surface area contributed by atoms with Gasteiger partial charge >= 0.3 is 0 Å². The maximum atomic E-state index is 12.7. The number of nitrogens with zero attached hydrogens (tertiary/aromatic N) is 5. The monoisotopic (exact) mass is 452 g/mol. The lowest BCUT2D eigenvalue weighted by molar-refractivity contribution is -0.113. The zero-order chi connectivity index (χ0) is 21.8. The van der Waals surface area contributed by atoms with Gasteiger partial charge in [0.1, 0.15) is 16.8 Å². The Balaban J connectivity index is 1.45. The number of carbonyl (C=O) groups is 1. The molecule has 4 rings (SSSR count). The molecule has 160 valence electrons. The fourth-order valence-corrected chi connectivity index (χ4v) is 6.00. The second kappa shape index (κ2) is 9.62. The third-order valence-electron chi connectivity index (χ3n) is 5.57. The minimum atomic E-state index is -0.142. The van der Waals surface area contributed by atoms with Gasteiger partial charge in [-0.3, -0.25) is 9.78 Å². The fourth-order valence-electron chi connectivity index (χ4n) is 3.87. The van der Waals surface area contributed by atoms with Gasteiger partial charge in [-0.2, -0.15) is 5.26 Å². The van der Waals surface area contributed by atoms with Crippen molar-refractivity contribution < 1.29 is 4.79 Å². The van der Waals surface area contributed by atoms with Crippen molar-refractivity contribution in [3.05, 3.63) is 40.4 Å². The number of carbonyl (C=O) groups excluding carboxylic acids is 1. The van der Waals surface area contributed by atoms with E-state index in [4.69, 9.17) is 0 Å². The number of rotatable bonds is 7. The van der Waals surface area contributed by atoms with Gasteiger partial charge in [0.15, 0.2) is 11.0 Å². The Bertz CT molecular complexity index is 1120. The zero-order valence-corrected chi connectivity index (χ0v) is 19.2. The molecular formula is C22H24N6OS2. The van der Waals surface area contributed by atoms with Crippen LogP contribution in [0.5, 0.6) is 0 Å². The van der Waals surface area contributed by atoms with E-state index < -0.39 is 0 Å². The molecule has 0 bridgehead atoms. The number of fused-ring (bicyclic) bond motifs is 1. The Morgan fingerprint density at radius 3 is 2.97 bits per heavy atom. The van der Waals surface area contributed by atoms with Crippen molar-refractivity contribution in [3.8, 4) is 17.6 Å². The summed E-state index contributed by atoms with van der Waals surface area (Å²) < 4.78 is 1.95. The number of amides is 1. The standard InChI is InChI=1S/C22H24N6OS2/c1-3-14-8-9-15-16(12-23)21(31-18(15)11-14)25-19(29)13-30-22-27-26-20(28(22)4-2)17-7-5-6-10-24-17/h5-7,10,14H,3-4,8-9,11,13H2,1-2H3,(H,25,29). The van der Waals surface area contributed by atoms with E-state index in [1.54, 1.807) is 17.5 Å². The third kappa shape index (κ3) is 4.50. The van der Waals surface area contributed by atoms with E-state index in [-0.39, 0.29) is 11.7 Å². The summed E-state index contributed by atoms with van der Waals surface area (Å²) >= 11 is 2.90. The summed E-state index contributed by atoms with van der Waals surface area (Å²) in [6, 6.07) is 7.97. The highest BCUT2D eigenvalue weighted by Gasteiger charge is 2.26. The van der Waals surface area contributed by atoms with E-state index in [9.17, 15) is 10.1 Å². The Morgan fingerprint density at radius 1 is 1.39 bits per heavy atom. The van der Waals surface area contributed by atoms with Crippen LogP contribution >= 0.6 is 23.1 Å². The lowest BCUT2D eigenvalue weighted by atomic mass is 9.86. The van der Waals surface area contributed by atoms with Crippen molar-refractivity contribution in [2.45, 2.75) is 51.2 Å².